The molecule has 2 aromatic carbocycles. The molecule has 0 bridgehead atoms. The first-order valence-corrected chi connectivity index (χ1v) is 13.7. The molecule has 0 spiro atoms. The van der Waals surface area contributed by atoms with Crippen molar-refractivity contribution in [1.29, 1.82) is 0 Å². The van der Waals surface area contributed by atoms with Crippen LogP contribution in [0.4, 0.5) is 22.0 Å². The lowest BCUT2D eigenvalue weighted by Crippen LogP contribution is -2.45. The lowest BCUT2D eigenvalue weighted by Gasteiger charge is -2.42. The van der Waals surface area contributed by atoms with Crippen molar-refractivity contribution >= 4 is 21.5 Å². The van der Waals surface area contributed by atoms with Crippen molar-refractivity contribution in [3.63, 3.8) is 0 Å². The summed E-state index contributed by atoms with van der Waals surface area (Å²) in [6, 6.07) is 7.57. The number of aryl methyl sites for hydroxylation is 1. The number of hydrogen-bond donors (Lipinski definition) is 0. The molecule has 0 heterocycles. The molecule has 11 heteroatoms. The molecule has 0 aliphatic heterocycles. The first-order valence-electron chi connectivity index (χ1n) is 12.2. The van der Waals surface area contributed by atoms with Crippen LogP contribution in [-0.4, -0.2) is 45.3 Å². The number of rotatable bonds is 6. The topological polar surface area (TPSA) is 71.5 Å². The number of amides is 1. The van der Waals surface area contributed by atoms with Gasteiger partial charge >= 0.3 is 6.18 Å². The van der Waals surface area contributed by atoms with Gasteiger partial charge in [0, 0.05) is 20.5 Å². The van der Waals surface area contributed by atoms with E-state index in [1.807, 2.05) is 0 Å². The Hall–Kier alpha value is -2.82. The normalized spacial score (nSPS) is 24.7. The molecule has 1 unspecified atom stereocenters. The van der Waals surface area contributed by atoms with Crippen LogP contribution in [0.2, 0.25) is 0 Å². The molecule has 4 rings (SSSR count). The van der Waals surface area contributed by atoms with Crippen molar-refractivity contribution in [3.05, 3.63) is 65.0 Å². The van der Waals surface area contributed by atoms with Gasteiger partial charge in [-0.3, -0.25) is 9.59 Å². The molecule has 0 radical (unpaired) electrons. The quantitative estimate of drug-likeness (QED) is 0.276. The second kappa shape index (κ2) is 9.43. The van der Waals surface area contributed by atoms with Crippen molar-refractivity contribution in [3.8, 4) is 0 Å². The fraction of sp³-hybridized carbons (Fsp3) is 0.481. The first-order chi connectivity index (χ1) is 17.5. The van der Waals surface area contributed by atoms with Gasteiger partial charge in [-0.2, -0.15) is 13.2 Å². The molecule has 0 saturated heterocycles. The summed E-state index contributed by atoms with van der Waals surface area (Å²) in [7, 11) is -1.39. The lowest BCUT2D eigenvalue weighted by atomic mass is 9.72. The number of ketones is 1. The lowest BCUT2D eigenvalue weighted by molar-refractivity contribution is -0.228. The molecule has 4 atom stereocenters. The molecular formula is C27H28F5NO4S. The summed E-state index contributed by atoms with van der Waals surface area (Å²) < 4.78 is 95.5. The molecule has 2 aliphatic rings. The summed E-state index contributed by atoms with van der Waals surface area (Å²) in [6.07, 6.45) is -4.64. The highest BCUT2D eigenvalue weighted by Gasteiger charge is 2.61. The van der Waals surface area contributed by atoms with Crippen molar-refractivity contribution in [2.45, 2.75) is 60.5 Å². The Morgan fingerprint density at radius 1 is 1.03 bits per heavy atom. The molecule has 1 saturated carbocycles. The zero-order valence-electron chi connectivity index (χ0n) is 21.1. The predicted molar refractivity (Wildman–Crippen MR) is 129 cm³/mol. The van der Waals surface area contributed by atoms with E-state index in [1.54, 1.807) is 0 Å². The zero-order chi connectivity index (χ0) is 28.3. The first kappa shape index (κ1) is 28.2. The minimum Gasteiger partial charge on any atom is -0.342 e. The van der Waals surface area contributed by atoms with Gasteiger partial charge in [0.1, 0.15) is 10.6 Å². The number of carbonyl (C=O) groups excluding carboxylic acids is 2. The predicted octanol–water partition coefficient (Wildman–Crippen LogP) is 5.26. The Labute approximate surface area is 217 Å². The van der Waals surface area contributed by atoms with Crippen molar-refractivity contribution in [2.75, 3.05) is 14.1 Å². The highest BCUT2D eigenvalue weighted by atomic mass is 32.2. The van der Waals surface area contributed by atoms with Crippen LogP contribution in [0.3, 0.4) is 0 Å². The van der Waals surface area contributed by atoms with Crippen LogP contribution in [0, 0.1) is 17.7 Å². The number of sulfone groups is 1. The van der Waals surface area contributed by atoms with E-state index in [0.717, 1.165) is 41.3 Å². The molecule has 206 valence electrons. The van der Waals surface area contributed by atoms with E-state index in [2.05, 4.69) is 0 Å². The third kappa shape index (κ3) is 4.32. The van der Waals surface area contributed by atoms with Gasteiger partial charge in [-0.1, -0.05) is 18.2 Å². The summed E-state index contributed by atoms with van der Waals surface area (Å²) in [4.78, 5) is 25.8. The Kier molecular flexibility index (Phi) is 6.99. The molecule has 0 N–H and O–H groups in total. The SMILES string of the molecule is CN(C)C(=O)C(=O)C[C@@H]1CC[C@@]2(S(=O)(=O)c3ccc(F)cc3)c3ccc(C(C)(F)C(F)(F)F)cc3CC[C@@H]12. The van der Waals surface area contributed by atoms with Gasteiger partial charge in [0.25, 0.3) is 5.91 Å². The van der Waals surface area contributed by atoms with Crippen molar-refractivity contribution in [1.82, 2.24) is 4.90 Å². The minimum atomic E-state index is -5.17. The van der Waals surface area contributed by atoms with E-state index >= 15 is 0 Å². The van der Waals surface area contributed by atoms with Crippen LogP contribution >= 0.6 is 0 Å². The second-order valence-corrected chi connectivity index (χ2v) is 12.7. The van der Waals surface area contributed by atoms with Gasteiger partial charge in [0.2, 0.25) is 11.5 Å². The maximum absolute atomic E-state index is 14.8. The largest absolute Gasteiger partial charge is 0.426 e. The summed E-state index contributed by atoms with van der Waals surface area (Å²) in [5.74, 6) is -3.11. The van der Waals surface area contributed by atoms with E-state index in [0.29, 0.717) is 6.92 Å². The van der Waals surface area contributed by atoms with E-state index < -0.39 is 61.3 Å². The highest BCUT2D eigenvalue weighted by Crippen LogP contribution is 2.60. The number of fused-ring (bicyclic) bond motifs is 3. The Bertz CT molecular complexity index is 1370. The molecule has 5 nitrogen and oxygen atoms in total. The Morgan fingerprint density at radius 2 is 1.66 bits per heavy atom. The van der Waals surface area contributed by atoms with Crippen molar-refractivity contribution in [2.24, 2.45) is 11.8 Å². The number of benzene rings is 2. The third-order valence-electron chi connectivity index (χ3n) is 8.11. The molecule has 0 aromatic heterocycles. The average molecular weight is 558 g/mol. The average Bonchev–Trinajstić information content (AvgIpc) is 3.22. The minimum absolute atomic E-state index is 0.0456. The monoisotopic (exact) mass is 557 g/mol. The van der Waals surface area contributed by atoms with Gasteiger partial charge in [-0.05, 0) is 85.4 Å². The van der Waals surface area contributed by atoms with E-state index in [4.69, 9.17) is 0 Å². The number of halogens is 5. The van der Waals surface area contributed by atoms with Gasteiger partial charge < -0.3 is 4.90 Å². The molecule has 38 heavy (non-hydrogen) atoms. The van der Waals surface area contributed by atoms with Crippen LogP contribution in [-0.2, 0) is 36.3 Å². The van der Waals surface area contributed by atoms with E-state index in [9.17, 15) is 40.0 Å². The number of carbonyl (C=O) groups is 2. The highest BCUT2D eigenvalue weighted by molar-refractivity contribution is 7.92. The van der Waals surface area contributed by atoms with Gasteiger partial charge in [-0.15, -0.1) is 0 Å². The van der Waals surface area contributed by atoms with Gasteiger partial charge in [0.15, 0.2) is 9.84 Å². The fourth-order valence-corrected chi connectivity index (χ4v) is 8.57. The standard InChI is InChI=1S/C27H28F5NO4S/c1-25(29,27(30,31)32)18-5-11-22-16(14-18)4-10-21-17(15-23(34)24(35)33(2)3)12-13-26(21,22)38(36,37)20-8-6-19(28)7-9-20/h5-9,11,14,17,21H,4,10,12-13,15H2,1-3H3/t17-,21-,25?,26-/m0/s1. The molecule has 2 aliphatic carbocycles. The number of Topliss-reactive ketones (excluding diaryl/α,β-unsaturated/α-hetero) is 1. The summed E-state index contributed by atoms with van der Waals surface area (Å²) in [5, 5.41) is 0. The summed E-state index contributed by atoms with van der Waals surface area (Å²) in [5.41, 5.74) is -3.72. The molecule has 1 fully saturated rings. The van der Waals surface area contributed by atoms with Gasteiger partial charge in [-0.25, -0.2) is 17.2 Å². The third-order valence-corrected chi connectivity index (χ3v) is 10.7. The maximum atomic E-state index is 14.8. The molecular weight excluding hydrogens is 529 g/mol. The summed E-state index contributed by atoms with van der Waals surface area (Å²) >= 11 is 0. The number of likely N-dealkylation sites (N-methyl/N-ethyl adjacent to an activating group) is 1. The number of nitrogens with zero attached hydrogens (tertiary/aromatic N) is 1. The number of alkyl halides is 4. The zero-order valence-corrected chi connectivity index (χ0v) is 21.9. The van der Waals surface area contributed by atoms with Crippen LogP contribution in [0.1, 0.15) is 49.3 Å². The van der Waals surface area contributed by atoms with Crippen molar-refractivity contribution < 1.29 is 40.0 Å². The molecule has 1 amide bonds. The summed E-state index contributed by atoms with van der Waals surface area (Å²) in [6.45, 7) is 0.421. The van der Waals surface area contributed by atoms with Crippen LogP contribution < -0.4 is 0 Å². The van der Waals surface area contributed by atoms with Crippen LogP contribution in [0.25, 0.3) is 0 Å². The van der Waals surface area contributed by atoms with Crippen LogP contribution in [0.5, 0.6) is 0 Å². The second-order valence-electron chi connectivity index (χ2n) is 10.5. The van der Waals surface area contributed by atoms with Gasteiger partial charge in [0.05, 0.1) is 4.90 Å². The molecule has 2 aromatic rings. The Morgan fingerprint density at radius 3 is 2.24 bits per heavy atom. The smallest absolute Gasteiger partial charge is 0.342 e. The van der Waals surface area contributed by atoms with E-state index in [1.165, 1.54) is 20.2 Å². The van der Waals surface area contributed by atoms with E-state index in [-0.39, 0.29) is 48.1 Å². The number of hydrogen-bond acceptors (Lipinski definition) is 4. The maximum Gasteiger partial charge on any atom is 0.426 e. The fourth-order valence-electron chi connectivity index (χ4n) is 6.07. The van der Waals surface area contributed by atoms with Crippen LogP contribution in [0.15, 0.2) is 47.4 Å². The Balaban J connectivity index is 1.86.